The second kappa shape index (κ2) is 5.06. The molecule has 82 valence electrons. The molecule has 0 radical (unpaired) electrons. The highest BCUT2D eigenvalue weighted by Gasteiger charge is 2.06. The lowest BCUT2D eigenvalue weighted by molar-refractivity contribution is 0.719. The van der Waals surface area contributed by atoms with Gasteiger partial charge in [-0.2, -0.15) is 0 Å². The number of aromatic nitrogens is 2. The zero-order valence-electron chi connectivity index (χ0n) is 10.1. The first-order chi connectivity index (χ1) is 7.00. The van der Waals surface area contributed by atoms with Crippen molar-refractivity contribution >= 4 is 0 Å². The second-order valence-corrected chi connectivity index (χ2v) is 4.54. The highest BCUT2D eigenvalue weighted by atomic mass is 14.9. The van der Waals surface area contributed by atoms with Crippen molar-refractivity contribution in [2.75, 3.05) is 0 Å². The van der Waals surface area contributed by atoms with Gasteiger partial charge in [-0.05, 0) is 17.9 Å². The van der Waals surface area contributed by atoms with Crippen LogP contribution < -0.4 is 0 Å². The Morgan fingerprint density at radius 2 is 2.00 bits per heavy atom. The normalized spacial score (nSPS) is 11.1. The molecule has 0 saturated carbocycles. The third-order valence-electron chi connectivity index (χ3n) is 2.52. The largest absolute Gasteiger partial charge is 0.241 e. The molecule has 1 aromatic heterocycles. The van der Waals surface area contributed by atoms with Crippen LogP contribution in [0.15, 0.2) is 24.4 Å². The van der Waals surface area contributed by atoms with E-state index in [1.54, 1.807) is 0 Å². The van der Waals surface area contributed by atoms with E-state index in [0.29, 0.717) is 11.8 Å². The Hall–Kier alpha value is -1.18. The minimum absolute atomic E-state index is 0.457. The third kappa shape index (κ3) is 3.46. The SMILES string of the molecule is C=C(Cc1nccc(C(C)C)n1)C(C)C. The molecule has 0 unspecified atom stereocenters. The Kier molecular flexibility index (Phi) is 4.01. The van der Waals surface area contributed by atoms with Crippen LogP contribution >= 0.6 is 0 Å². The first-order valence-electron chi connectivity index (χ1n) is 5.50. The minimum Gasteiger partial charge on any atom is -0.241 e. The summed E-state index contributed by atoms with van der Waals surface area (Å²) in [5, 5.41) is 0. The zero-order valence-corrected chi connectivity index (χ0v) is 10.1. The number of hydrogen-bond donors (Lipinski definition) is 0. The van der Waals surface area contributed by atoms with E-state index in [1.165, 1.54) is 5.57 Å². The third-order valence-corrected chi connectivity index (χ3v) is 2.52. The first-order valence-corrected chi connectivity index (χ1v) is 5.50. The molecule has 0 bridgehead atoms. The lowest BCUT2D eigenvalue weighted by Crippen LogP contribution is -2.04. The van der Waals surface area contributed by atoms with Gasteiger partial charge in [0.25, 0.3) is 0 Å². The van der Waals surface area contributed by atoms with E-state index in [9.17, 15) is 0 Å². The highest BCUT2D eigenvalue weighted by molar-refractivity contribution is 5.12. The van der Waals surface area contributed by atoms with Crippen molar-refractivity contribution < 1.29 is 0 Å². The number of allylic oxidation sites excluding steroid dienone is 1. The van der Waals surface area contributed by atoms with Gasteiger partial charge >= 0.3 is 0 Å². The number of nitrogens with zero attached hydrogens (tertiary/aromatic N) is 2. The van der Waals surface area contributed by atoms with Gasteiger partial charge in [0, 0.05) is 18.3 Å². The molecular formula is C13H20N2. The van der Waals surface area contributed by atoms with Crippen molar-refractivity contribution in [1.82, 2.24) is 9.97 Å². The van der Waals surface area contributed by atoms with Gasteiger partial charge in [0.15, 0.2) is 0 Å². The summed E-state index contributed by atoms with van der Waals surface area (Å²) >= 11 is 0. The molecule has 2 nitrogen and oxygen atoms in total. The van der Waals surface area contributed by atoms with Crippen LogP contribution in [0.25, 0.3) is 0 Å². The highest BCUT2D eigenvalue weighted by Crippen LogP contribution is 2.14. The van der Waals surface area contributed by atoms with Crippen LogP contribution in [-0.4, -0.2) is 9.97 Å². The van der Waals surface area contributed by atoms with E-state index >= 15 is 0 Å². The van der Waals surface area contributed by atoms with Crippen molar-refractivity contribution in [3.63, 3.8) is 0 Å². The van der Waals surface area contributed by atoms with Gasteiger partial charge < -0.3 is 0 Å². The molecule has 0 spiro atoms. The van der Waals surface area contributed by atoms with Crippen LogP contribution in [0.1, 0.15) is 45.1 Å². The molecular weight excluding hydrogens is 184 g/mol. The molecule has 0 aliphatic carbocycles. The average Bonchev–Trinajstić information content (AvgIpc) is 2.18. The second-order valence-electron chi connectivity index (χ2n) is 4.54. The lowest BCUT2D eigenvalue weighted by Gasteiger charge is -2.10. The van der Waals surface area contributed by atoms with Crippen molar-refractivity contribution in [3.8, 4) is 0 Å². The summed E-state index contributed by atoms with van der Waals surface area (Å²) in [6.45, 7) is 12.6. The zero-order chi connectivity index (χ0) is 11.4. The van der Waals surface area contributed by atoms with Gasteiger partial charge in [0.1, 0.15) is 5.82 Å². The Morgan fingerprint density at radius 3 is 2.53 bits per heavy atom. The summed E-state index contributed by atoms with van der Waals surface area (Å²) in [6.07, 6.45) is 2.63. The van der Waals surface area contributed by atoms with Crippen LogP contribution in [0.5, 0.6) is 0 Å². The summed E-state index contributed by atoms with van der Waals surface area (Å²) in [5.41, 5.74) is 2.30. The maximum atomic E-state index is 4.52. The Bertz CT molecular complexity index is 340. The van der Waals surface area contributed by atoms with E-state index in [4.69, 9.17) is 0 Å². The fourth-order valence-electron chi connectivity index (χ4n) is 1.23. The molecule has 0 aliphatic heterocycles. The average molecular weight is 204 g/mol. The van der Waals surface area contributed by atoms with E-state index in [-0.39, 0.29) is 0 Å². The fourth-order valence-corrected chi connectivity index (χ4v) is 1.23. The number of hydrogen-bond acceptors (Lipinski definition) is 2. The summed E-state index contributed by atoms with van der Waals surface area (Å²) in [5.74, 6) is 1.84. The Balaban J connectivity index is 2.78. The summed E-state index contributed by atoms with van der Waals surface area (Å²) in [4.78, 5) is 8.79. The van der Waals surface area contributed by atoms with E-state index in [2.05, 4.69) is 44.2 Å². The van der Waals surface area contributed by atoms with Crippen molar-refractivity contribution in [3.05, 3.63) is 35.9 Å². The van der Waals surface area contributed by atoms with Gasteiger partial charge in [-0.25, -0.2) is 9.97 Å². The van der Waals surface area contributed by atoms with Crippen molar-refractivity contribution in [1.29, 1.82) is 0 Å². The van der Waals surface area contributed by atoms with E-state index in [1.807, 2.05) is 12.3 Å². The van der Waals surface area contributed by atoms with Crippen LogP contribution in [0.2, 0.25) is 0 Å². The molecule has 1 rings (SSSR count). The fraction of sp³-hybridized carbons (Fsp3) is 0.538. The van der Waals surface area contributed by atoms with Crippen LogP contribution in [0, 0.1) is 5.92 Å². The molecule has 0 fully saturated rings. The van der Waals surface area contributed by atoms with Gasteiger partial charge in [0.05, 0.1) is 0 Å². The smallest absolute Gasteiger partial charge is 0.132 e. The van der Waals surface area contributed by atoms with Gasteiger partial charge in [-0.15, -0.1) is 0 Å². The Labute approximate surface area is 92.5 Å². The molecule has 1 aromatic rings. The van der Waals surface area contributed by atoms with Crippen molar-refractivity contribution in [2.24, 2.45) is 5.92 Å². The molecule has 0 amide bonds. The molecule has 0 N–H and O–H groups in total. The molecule has 15 heavy (non-hydrogen) atoms. The summed E-state index contributed by atoms with van der Waals surface area (Å²) in [7, 11) is 0. The Morgan fingerprint density at radius 1 is 1.33 bits per heavy atom. The lowest BCUT2D eigenvalue weighted by atomic mass is 10.0. The minimum atomic E-state index is 0.457. The molecule has 0 atom stereocenters. The van der Waals surface area contributed by atoms with Gasteiger partial charge in [-0.1, -0.05) is 39.8 Å². The summed E-state index contributed by atoms with van der Waals surface area (Å²) < 4.78 is 0. The standard InChI is InChI=1S/C13H20N2/c1-9(2)11(5)8-13-14-7-6-12(15-13)10(3)4/h6-7,9-10H,5,8H2,1-4H3. The first kappa shape index (κ1) is 11.9. The monoisotopic (exact) mass is 204 g/mol. The van der Waals surface area contributed by atoms with Crippen molar-refractivity contribution in [2.45, 2.75) is 40.0 Å². The predicted molar refractivity (Wildman–Crippen MR) is 63.8 cm³/mol. The molecule has 1 heterocycles. The molecule has 0 saturated heterocycles. The maximum Gasteiger partial charge on any atom is 0.132 e. The summed E-state index contributed by atoms with van der Waals surface area (Å²) in [6, 6.07) is 1.98. The van der Waals surface area contributed by atoms with Crippen LogP contribution in [0.3, 0.4) is 0 Å². The van der Waals surface area contributed by atoms with E-state index < -0.39 is 0 Å². The van der Waals surface area contributed by atoms with Crippen LogP contribution in [-0.2, 0) is 6.42 Å². The maximum absolute atomic E-state index is 4.52. The number of rotatable bonds is 4. The molecule has 0 aliphatic rings. The van der Waals surface area contributed by atoms with Gasteiger partial charge in [0.2, 0.25) is 0 Å². The van der Waals surface area contributed by atoms with Crippen LogP contribution in [0.4, 0.5) is 0 Å². The predicted octanol–water partition coefficient (Wildman–Crippen LogP) is 3.35. The van der Waals surface area contributed by atoms with Gasteiger partial charge in [-0.3, -0.25) is 0 Å². The molecule has 2 heteroatoms. The van der Waals surface area contributed by atoms with E-state index in [0.717, 1.165) is 17.9 Å². The quantitative estimate of drug-likeness (QED) is 0.703. The molecule has 0 aromatic carbocycles. The topological polar surface area (TPSA) is 25.8 Å².